The molecule has 3 heterocycles. The zero-order valence-corrected chi connectivity index (χ0v) is 10.5. The molecule has 1 atom stereocenters. The molecule has 3 rings (SSSR count). The highest BCUT2D eigenvalue weighted by Crippen LogP contribution is 2.33. The largest absolute Gasteiger partial charge is 0.348 e. The standard InChI is InChI=1S/C14H16N4/c1-11-4-2-6-14(17-11)18-9-3-5-13(18)12-7-8-15-10-16-12/h2,4,6-8,10,13H,3,5,9H2,1H3. The number of anilines is 1. The van der Waals surface area contributed by atoms with Crippen LogP contribution in [0.2, 0.25) is 0 Å². The molecule has 0 bridgehead atoms. The molecule has 0 saturated carbocycles. The van der Waals surface area contributed by atoms with E-state index in [0.717, 1.165) is 30.2 Å². The summed E-state index contributed by atoms with van der Waals surface area (Å²) in [6.07, 6.45) is 5.74. The first-order valence-corrected chi connectivity index (χ1v) is 6.31. The van der Waals surface area contributed by atoms with Gasteiger partial charge >= 0.3 is 0 Å². The fourth-order valence-corrected chi connectivity index (χ4v) is 2.54. The predicted octanol–water partition coefficient (Wildman–Crippen LogP) is 2.52. The van der Waals surface area contributed by atoms with Crippen molar-refractivity contribution in [2.75, 3.05) is 11.4 Å². The van der Waals surface area contributed by atoms with E-state index in [4.69, 9.17) is 0 Å². The van der Waals surface area contributed by atoms with Crippen LogP contribution in [0.15, 0.2) is 36.8 Å². The molecule has 1 saturated heterocycles. The van der Waals surface area contributed by atoms with E-state index in [9.17, 15) is 0 Å². The van der Waals surface area contributed by atoms with Crippen LogP contribution in [0.5, 0.6) is 0 Å². The van der Waals surface area contributed by atoms with Gasteiger partial charge in [-0.3, -0.25) is 0 Å². The normalized spacial score (nSPS) is 19.2. The minimum Gasteiger partial charge on any atom is -0.348 e. The molecule has 2 aromatic heterocycles. The van der Waals surface area contributed by atoms with Gasteiger partial charge in [0.25, 0.3) is 0 Å². The third-order valence-electron chi connectivity index (χ3n) is 3.37. The summed E-state index contributed by atoms with van der Waals surface area (Å²) in [7, 11) is 0. The number of nitrogens with zero attached hydrogens (tertiary/aromatic N) is 4. The van der Waals surface area contributed by atoms with Crippen molar-refractivity contribution in [1.29, 1.82) is 0 Å². The second kappa shape index (κ2) is 4.72. The van der Waals surface area contributed by atoms with Crippen molar-refractivity contribution in [3.63, 3.8) is 0 Å². The van der Waals surface area contributed by atoms with E-state index in [1.807, 2.05) is 25.3 Å². The smallest absolute Gasteiger partial charge is 0.129 e. The molecule has 1 fully saturated rings. The Balaban J connectivity index is 1.92. The summed E-state index contributed by atoms with van der Waals surface area (Å²) in [5.41, 5.74) is 2.15. The van der Waals surface area contributed by atoms with Crippen LogP contribution < -0.4 is 4.90 Å². The summed E-state index contributed by atoms with van der Waals surface area (Å²) < 4.78 is 0. The fourth-order valence-electron chi connectivity index (χ4n) is 2.54. The van der Waals surface area contributed by atoms with Crippen molar-refractivity contribution < 1.29 is 0 Å². The number of aromatic nitrogens is 3. The van der Waals surface area contributed by atoms with Gasteiger partial charge in [-0.25, -0.2) is 15.0 Å². The summed E-state index contributed by atoms with van der Waals surface area (Å²) in [6.45, 7) is 3.07. The second-order valence-corrected chi connectivity index (χ2v) is 4.62. The van der Waals surface area contributed by atoms with Crippen LogP contribution >= 0.6 is 0 Å². The van der Waals surface area contributed by atoms with Crippen LogP contribution in [0, 0.1) is 6.92 Å². The molecule has 0 amide bonds. The highest BCUT2D eigenvalue weighted by Gasteiger charge is 2.27. The predicted molar refractivity (Wildman–Crippen MR) is 70.3 cm³/mol. The average molecular weight is 240 g/mol. The number of aryl methyl sites for hydroxylation is 1. The van der Waals surface area contributed by atoms with Gasteiger partial charge in [0.05, 0.1) is 11.7 Å². The Bertz CT molecular complexity index is 526. The van der Waals surface area contributed by atoms with Gasteiger partial charge in [-0.1, -0.05) is 6.07 Å². The Morgan fingerprint density at radius 2 is 2.22 bits per heavy atom. The Hall–Kier alpha value is -1.97. The van der Waals surface area contributed by atoms with Crippen LogP contribution in [0.3, 0.4) is 0 Å². The van der Waals surface area contributed by atoms with Crippen LogP contribution in [0.25, 0.3) is 0 Å². The molecular weight excluding hydrogens is 224 g/mol. The van der Waals surface area contributed by atoms with Gasteiger partial charge in [-0.05, 0) is 38.0 Å². The first kappa shape index (κ1) is 11.1. The summed E-state index contributed by atoms with van der Waals surface area (Å²) in [6, 6.07) is 8.50. The van der Waals surface area contributed by atoms with E-state index in [-0.39, 0.29) is 0 Å². The maximum absolute atomic E-state index is 4.61. The third-order valence-corrected chi connectivity index (χ3v) is 3.37. The SMILES string of the molecule is Cc1cccc(N2CCCC2c2ccncn2)n1. The summed E-state index contributed by atoms with van der Waals surface area (Å²) in [5, 5.41) is 0. The molecule has 18 heavy (non-hydrogen) atoms. The van der Waals surface area contributed by atoms with Crippen LogP contribution in [0.4, 0.5) is 5.82 Å². The molecule has 1 unspecified atom stereocenters. The van der Waals surface area contributed by atoms with E-state index in [0.29, 0.717) is 6.04 Å². The lowest BCUT2D eigenvalue weighted by Crippen LogP contribution is -2.24. The molecule has 1 aliphatic rings. The highest BCUT2D eigenvalue weighted by molar-refractivity contribution is 5.43. The molecular formula is C14H16N4. The molecule has 0 N–H and O–H groups in total. The molecule has 0 spiro atoms. The van der Waals surface area contributed by atoms with Crippen molar-refractivity contribution in [2.24, 2.45) is 0 Å². The Kier molecular flexibility index (Phi) is 2.92. The maximum atomic E-state index is 4.61. The van der Waals surface area contributed by atoms with Crippen molar-refractivity contribution >= 4 is 5.82 Å². The van der Waals surface area contributed by atoms with Gasteiger partial charge in [-0.2, -0.15) is 0 Å². The van der Waals surface area contributed by atoms with Gasteiger partial charge in [-0.15, -0.1) is 0 Å². The van der Waals surface area contributed by atoms with Crippen molar-refractivity contribution in [3.05, 3.63) is 48.2 Å². The molecule has 0 aromatic carbocycles. The second-order valence-electron chi connectivity index (χ2n) is 4.62. The van der Waals surface area contributed by atoms with Crippen LogP contribution in [-0.2, 0) is 0 Å². The van der Waals surface area contributed by atoms with Gasteiger partial charge in [0, 0.05) is 18.4 Å². The van der Waals surface area contributed by atoms with Gasteiger partial charge in [0.2, 0.25) is 0 Å². The zero-order chi connectivity index (χ0) is 12.4. The maximum Gasteiger partial charge on any atom is 0.129 e. The molecule has 4 nitrogen and oxygen atoms in total. The minimum atomic E-state index is 0.335. The Morgan fingerprint density at radius 1 is 1.28 bits per heavy atom. The van der Waals surface area contributed by atoms with Gasteiger partial charge < -0.3 is 4.90 Å². The summed E-state index contributed by atoms with van der Waals surface area (Å²) >= 11 is 0. The Morgan fingerprint density at radius 3 is 3.00 bits per heavy atom. The number of hydrogen-bond donors (Lipinski definition) is 0. The molecule has 92 valence electrons. The van der Waals surface area contributed by atoms with Crippen molar-refractivity contribution in [1.82, 2.24) is 15.0 Å². The number of hydrogen-bond acceptors (Lipinski definition) is 4. The number of rotatable bonds is 2. The Labute approximate surface area is 107 Å². The molecule has 2 aromatic rings. The molecule has 0 radical (unpaired) electrons. The van der Waals surface area contributed by atoms with E-state index >= 15 is 0 Å². The minimum absolute atomic E-state index is 0.335. The first-order valence-electron chi connectivity index (χ1n) is 6.31. The van der Waals surface area contributed by atoms with E-state index < -0.39 is 0 Å². The quantitative estimate of drug-likeness (QED) is 0.809. The van der Waals surface area contributed by atoms with E-state index in [1.54, 1.807) is 6.33 Å². The highest BCUT2D eigenvalue weighted by atomic mass is 15.2. The van der Waals surface area contributed by atoms with Gasteiger partial charge in [0.15, 0.2) is 0 Å². The third kappa shape index (κ3) is 2.06. The van der Waals surface area contributed by atoms with Crippen molar-refractivity contribution in [2.45, 2.75) is 25.8 Å². The van der Waals surface area contributed by atoms with Crippen LogP contribution in [-0.4, -0.2) is 21.5 Å². The fraction of sp³-hybridized carbons (Fsp3) is 0.357. The number of pyridine rings is 1. The molecule has 4 heteroatoms. The lowest BCUT2D eigenvalue weighted by molar-refractivity contribution is 0.684. The lowest BCUT2D eigenvalue weighted by Gasteiger charge is -2.25. The van der Waals surface area contributed by atoms with E-state index in [2.05, 4.69) is 32.0 Å². The average Bonchev–Trinajstić information content (AvgIpc) is 2.89. The van der Waals surface area contributed by atoms with Crippen molar-refractivity contribution in [3.8, 4) is 0 Å². The topological polar surface area (TPSA) is 41.9 Å². The van der Waals surface area contributed by atoms with E-state index in [1.165, 1.54) is 6.42 Å². The monoisotopic (exact) mass is 240 g/mol. The molecule has 1 aliphatic heterocycles. The van der Waals surface area contributed by atoms with Gasteiger partial charge in [0.1, 0.15) is 12.1 Å². The molecule has 0 aliphatic carbocycles. The summed E-state index contributed by atoms with van der Waals surface area (Å²) in [4.78, 5) is 15.3. The first-order chi connectivity index (χ1) is 8.84. The zero-order valence-electron chi connectivity index (χ0n) is 10.5. The summed E-state index contributed by atoms with van der Waals surface area (Å²) in [5.74, 6) is 1.05. The lowest BCUT2D eigenvalue weighted by atomic mass is 10.1. The van der Waals surface area contributed by atoms with Crippen LogP contribution in [0.1, 0.15) is 30.3 Å².